The summed E-state index contributed by atoms with van der Waals surface area (Å²) < 4.78 is 0. The number of aliphatic hydroxyl groups excluding tert-OH is 1. The second-order valence-corrected chi connectivity index (χ2v) is 4.85. The smallest absolute Gasteiger partial charge is 0.251 e. The summed E-state index contributed by atoms with van der Waals surface area (Å²) in [6.07, 6.45) is 3.45. The Labute approximate surface area is 118 Å². The minimum atomic E-state index is -0.0492. The summed E-state index contributed by atoms with van der Waals surface area (Å²) in [4.78, 5) is 19.6. The van der Waals surface area contributed by atoms with Gasteiger partial charge in [0.05, 0.1) is 11.0 Å². The average molecular weight is 275 g/mol. The molecule has 1 aromatic carbocycles. The number of aliphatic hydroxyl groups is 1. The number of amides is 1. The van der Waals surface area contributed by atoms with Crippen LogP contribution in [0.25, 0.3) is 11.0 Å². The molecule has 5 heteroatoms. The van der Waals surface area contributed by atoms with Crippen molar-refractivity contribution in [1.29, 1.82) is 0 Å². The number of H-pyrrole nitrogens is 1. The van der Waals surface area contributed by atoms with Crippen LogP contribution in [0.1, 0.15) is 42.4 Å². The van der Waals surface area contributed by atoms with Gasteiger partial charge in [-0.25, -0.2) is 4.98 Å². The predicted octanol–water partition coefficient (Wildman–Crippen LogP) is 2.02. The third-order valence-electron chi connectivity index (χ3n) is 3.18. The number of nitrogens with zero attached hydrogens (tertiary/aromatic N) is 1. The lowest BCUT2D eigenvalue weighted by Crippen LogP contribution is -2.24. The number of imidazole rings is 1. The molecule has 2 aromatic rings. The molecule has 5 nitrogen and oxygen atoms in total. The van der Waals surface area contributed by atoms with E-state index in [-0.39, 0.29) is 12.5 Å². The molecule has 3 N–H and O–H groups in total. The Balaban J connectivity index is 2.09. The molecule has 108 valence electrons. The minimum absolute atomic E-state index is 0.0492. The fourth-order valence-corrected chi connectivity index (χ4v) is 2.05. The first kappa shape index (κ1) is 14.5. The van der Waals surface area contributed by atoms with E-state index < -0.39 is 0 Å². The van der Waals surface area contributed by atoms with Crippen molar-refractivity contribution in [2.45, 2.75) is 32.6 Å². The summed E-state index contributed by atoms with van der Waals surface area (Å²) >= 11 is 0. The van der Waals surface area contributed by atoms with Gasteiger partial charge in [-0.15, -0.1) is 0 Å². The maximum absolute atomic E-state index is 12.0. The molecular formula is C15H21N3O2. The topological polar surface area (TPSA) is 78.0 Å². The molecule has 1 amide bonds. The first-order valence-corrected chi connectivity index (χ1v) is 7.12. The molecule has 0 spiro atoms. The zero-order valence-electron chi connectivity index (χ0n) is 11.8. The maximum Gasteiger partial charge on any atom is 0.251 e. The molecule has 0 fully saturated rings. The van der Waals surface area contributed by atoms with Gasteiger partial charge < -0.3 is 15.4 Å². The number of aromatic amines is 1. The van der Waals surface area contributed by atoms with Gasteiger partial charge in [0.15, 0.2) is 0 Å². The monoisotopic (exact) mass is 275 g/mol. The number of aryl methyl sites for hydroxylation is 1. The van der Waals surface area contributed by atoms with Gasteiger partial charge in [-0.3, -0.25) is 4.79 Å². The minimum Gasteiger partial charge on any atom is -0.396 e. The van der Waals surface area contributed by atoms with Crippen LogP contribution in [0.15, 0.2) is 18.2 Å². The molecule has 1 aromatic heterocycles. The summed E-state index contributed by atoms with van der Waals surface area (Å²) in [7, 11) is 0. The predicted molar refractivity (Wildman–Crippen MR) is 78.7 cm³/mol. The van der Waals surface area contributed by atoms with E-state index in [4.69, 9.17) is 5.11 Å². The number of fused-ring (bicyclic) bond motifs is 1. The van der Waals surface area contributed by atoms with E-state index in [0.29, 0.717) is 24.9 Å². The molecule has 0 unspecified atom stereocenters. The lowest BCUT2D eigenvalue weighted by molar-refractivity contribution is 0.0953. The third kappa shape index (κ3) is 3.57. The van der Waals surface area contributed by atoms with E-state index in [0.717, 1.165) is 29.7 Å². The molecule has 0 atom stereocenters. The summed E-state index contributed by atoms with van der Waals surface area (Å²) in [5, 5.41) is 11.7. The van der Waals surface area contributed by atoms with Gasteiger partial charge >= 0.3 is 0 Å². The van der Waals surface area contributed by atoms with Crippen LogP contribution in [0, 0.1) is 0 Å². The average Bonchev–Trinajstić information content (AvgIpc) is 2.87. The SMILES string of the molecule is CCCCNC(=O)c1ccc2nc(CCCO)[nH]c2c1. The molecule has 0 saturated carbocycles. The van der Waals surface area contributed by atoms with E-state index in [1.165, 1.54) is 0 Å². The third-order valence-corrected chi connectivity index (χ3v) is 3.18. The van der Waals surface area contributed by atoms with Crippen molar-refractivity contribution in [1.82, 2.24) is 15.3 Å². The van der Waals surface area contributed by atoms with Crippen LogP contribution < -0.4 is 5.32 Å². The second-order valence-electron chi connectivity index (χ2n) is 4.85. The fraction of sp³-hybridized carbons (Fsp3) is 0.467. The van der Waals surface area contributed by atoms with Crippen LogP contribution in [0.4, 0.5) is 0 Å². The Hall–Kier alpha value is -1.88. The quantitative estimate of drug-likeness (QED) is 0.676. The molecule has 0 radical (unpaired) electrons. The highest BCUT2D eigenvalue weighted by Gasteiger charge is 2.08. The highest BCUT2D eigenvalue weighted by Crippen LogP contribution is 2.14. The standard InChI is InChI=1S/C15H21N3O2/c1-2-3-8-16-15(20)11-6-7-12-13(10-11)18-14(17-12)5-4-9-19/h6-7,10,19H,2-5,8-9H2,1H3,(H,16,20)(H,17,18). The second kappa shape index (κ2) is 7.05. The molecule has 0 bridgehead atoms. The van der Waals surface area contributed by atoms with Crippen molar-refractivity contribution in [2.24, 2.45) is 0 Å². The Morgan fingerprint density at radius 2 is 2.25 bits per heavy atom. The van der Waals surface area contributed by atoms with E-state index in [1.807, 2.05) is 12.1 Å². The summed E-state index contributed by atoms with van der Waals surface area (Å²) in [5.74, 6) is 0.796. The highest BCUT2D eigenvalue weighted by molar-refractivity contribution is 5.97. The molecule has 0 aliphatic carbocycles. The van der Waals surface area contributed by atoms with Gasteiger partial charge in [0, 0.05) is 25.1 Å². The molecule has 2 rings (SSSR count). The highest BCUT2D eigenvalue weighted by atomic mass is 16.2. The van der Waals surface area contributed by atoms with E-state index in [2.05, 4.69) is 22.2 Å². The zero-order chi connectivity index (χ0) is 14.4. The van der Waals surface area contributed by atoms with Gasteiger partial charge in [-0.1, -0.05) is 13.3 Å². The molecule has 1 heterocycles. The van der Waals surface area contributed by atoms with Crippen LogP contribution >= 0.6 is 0 Å². The summed E-state index contributed by atoms with van der Waals surface area (Å²) in [5.41, 5.74) is 2.36. The van der Waals surface area contributed by atoms with Crippen LogP contribution in [-0.2, 0) is 6.42 Å². The Morgan fingerprint density at radius 3 is 3.00 bits per heavy atom. The van der Waals surface area contributed by atoms with Crippen molar-refractivity contribution >= 4 is 16.9 Å². The molecule has 0 aliphatic rings. The number of rotatable bonds is 7. The number of unbranched alkanes of at least 4 members (excludes halogenated alkanes) is 1. The van der Waals surface area contributed by atoms with Crippen molar-refractivity contribution in [3.8, 4) is 0 Å². The van der Waals surface area contributed by atoms with Gasteiger partial charge in [-0.05, 0) is 31.0 Å². The normalized spacial score (nSPS) is 10.9. The van der Waals surface area contributed by atoms with Crippen LogP contribution in [0.5, 0.6) is 0 Å². The number of aromatic nitrogens is 2. The molecule has 0 aliphatic heterocycles. The van der Waals surface area contributed by atoms with Crippen molar-refractivity contribution in [2.75, 3.05) is 13.2 Å². The van der Waals surface area contributed by atoms with Gasteiger partial charge in [-0.2, -0.15) is 0 Å². The number of carbonyl (C=O) groups excluding carboxylic acids is 1. The number of hydrogen-bond donors (Lipinski definition) is 3. The lowest BCUT2D eigenvalue weighted by Gasteiger charge is -2.03. The number of carbonyl (C=O) groups is 1. The molecule has 20 heavy (non-hydrogen) atoms. The van der Waals surface area contributed by atoms with Crippen LogP contribution in [-0.4, -0.2) is 34.1 Å². The van der Waals surface area contributed by atoms with E-state index in [9.17, 15) is 4.79 Å². The van der Waals surface area contributed by atoms with E-state index in [1.54, 1.807) is 6.07 Å². The molecule has 0 saturated heterocycles. The fourth-order valence-electron chi connectivity index (χ4n) is 2.05. The van der Waals surface area contributed by atoms with Gasteiger partial charge in [0.2, 0.25) is 0 Å². The van der Waals surface area contributed by atoms with Crippen molar-refractivity contribution < 1.29 is 9.90 Å². The summed E-state index contributed by atoms with van der Waals surface area (Å²) in [6, 6.07) is 5.47. The van der Waals surface area contributed by atoms with Crippen LogP contribution in [0.2, 0.25) is 0 Å². The Morgan fingerprint density at radius 1 is 1.40 bits per heavy atom. The van der Waals surface area contributed by atoms with Crippen molar-refractivity contribution in [3.63, 3.8) is 0 Å². The first-order chi connectivity index (χ1) is 9.74. The number of benzene rings is 1. The van der Waals surface area contributed by atoms with Gasteiger partial charge in [0.1, 0.15) is 5.82 Å². The Kier molecular flexibility index (Phi) is 5.12. The van der Waals surface area contributed by atoms with E-state index >= 15 is 0 Å². The van der Waals surface area contributed by atoms with Crippen LogP contribution in [0.3, 0.4) is 0 Å². The molecular weight excluding hydrogens is 254 g/mol. The largest absolute Gasteiger partial charge is 0.396 e. The Bertz CT molecular complexity index is 578. The maximum atomic E-state index is 12.0. The zero-order valence-corrected chi connectivity index (χ0v) is 11.8. The number of nitrogens with one attached hydrogen (secondary N) is 2. The number of hydrogen-bond acceptors (Lipinski definition) is 3. The summed E-state index contributed by atoms with van der Waals surface area (Å²) in [6.45, 7) is 2.96. The lowest BCUT2D eigenvalue weighted by atomic mass is 10.2. The van der Waals surface area contributed by atoms with Gasteiger partial charge in [0.25, 0.3) is 5.91 Å². The first-order valence-electron chi connectivity index (χ1n) is 7.12. The van der Waals surface area contributed by atoms with Crippen molar-refractivity contribution in [3.05, 3.63) is 29.6 Å².